The quantitative estimate of drug-likeness (QED) is 0.637. The Morgan fingerprint density at radius 1 is 1.42 bits per heavy atom. The number of rotatable bonds is 3. The van der Waals surface area contributed by atoms with Crippen LogP contribution in [0.15, 0.2) is 11.6 Å². The van der Waals surface area contributed by atoms with Gasteiger partial charge in [-0.2, -0.15) is 0 Å². The van der Waals surface area contributed by atoms with Crippen LogP contribution in [0.25, 0.3) is 0 Å². The molecule has 0 amide bonds. The van der Waals surface area contributed by atoms with E-state index in [0.717, 1.165) is 18.5 Å². The Bertz CT molecular complexity index is 156. The van der Waals surface area contributed by atoms with Gasteiger partial charge in [-0.05, 0) is 39.0 Å². The second-order valence-electron chi connectivity index (χ2n) is 4.30. The summed E-state index contributed by atoms with van der Waals surface area (Å²) in [6, 6.07) is 0.788. The zero-order valence-electron chi connectivity index (χ0n) is 8.56. The van der Waals surface area contributed by atoms with Crippen molar-refractivity contribution in [1.82, 2.24) is 5.32 Å². The van der Waals surface area contributed by atoms with Gasteiger partial charge in [0.25, 0.3) is 0 Å². The molecule has 0 spiro atoms. The summed E-state index contributed by atoms with van der Waals surface area (Å²) >= 11 is 0. The second-order valence-corrected chi connectivity index (χ2v) is 4.30. The molecule has 1 rings (SSSR count). The van der Waals surface area contributed by atoms with E-state index in [9.17, 15) is 0 Å². The van der Waals surface area contributed by atoms with Crippen LogP contribution in [0.3, 0.4) is 0 Å². The van der Waals surface area contributed by atoms with Crippen molar-refractivity contribution in [2.75, 3.05) is 6.54 Å². The van der Waals surface area contributed by atoms with Gasteiger partial charge in [0.1, 0.15) is 0 Å². The molecule has 0 aliphatic heterocycles. The normalized spacial score (nSPS) is 28.9. The molecule has 0 bridgehead atoms. The van der Waals surface area contributed by atoms with Gasteiger partial charge in [0.15, 0.2) is 0 Å². The molecule has 0 heterocycles. The van der Waals surface area contributed by atoms with Crippen molar-refractivity contribution in [2.24, 2.45) is 5.92 Å². The van der Waals surface area contributed by atoms with Crippen LogP contribution >= 0.6 is 0 Å². The Hall–Kier alpha value is -0.300. The molecule has 0 aromatic carbocycles. The van der Waals surface area contributed by atoms with Crippen LogP contribution in [0, 0.1) is 5.92 Å². The number of hydrogen-bond acceptors (Lipinski definition) is 1. The minimum Gasteiger partial charge on any atom is -0.311 e. The fraction of sp³-hybridized carbons (Fsp3) is 0.818. The lowest BCUT2D eigenvalue weighted by Gasteiger charge is -2.09. The van der Waals surface area contributed by atoms with E-state index in [-0.39, 0.29) is 0 Å². The van der Waals surface area contributed by atoms with Gasteiger partial charge in [0, 0.05) is 12.6 Å². The summed E-state index contributed by atoms with van der Waals surface area (Å²) in [7, 11) is 0. The van der Waals surface area contributed by atoms with E-state index in [0.29, 0.717) is 0 Å². The summed E-state index contributed by atoms with van der Waals surface area (Å²) in [6.45, 7) is 7.71. The van der Waals surface area contributed by atoms with Crippen molar-refractivity contribution in [3.05, 3.63) is 11.6 Å². The topological polar surface area (TPSA) is 12.0 Å². The van der Waals surface area contributed by atoms with Crippen molar-refractivity contribution < 1.29 is 0 Å². The average Bonchev–Trinajstić information content (AvgIpc) is 2.35. The van der Waals surface area contributed by atoms with Crippen molar-refractivity contribution in [3.63, 3.8) is 0 Å². The summed E-state index contributed by atoms with van der Waals surface area (Å²) in [5.74, 6) is 0.939. The third-order valence-corrected chi connectivity index (χ3v) is 2.61. The first-order valence-electron chi connectivity index (χ1n) is 5.05. The molecule has 2 atom stereocenters. The SMILES string of the molecule is CC(C)=CCNC1CCC(C)C1. The van der Waals surface area contributed by atoms with E-state index < -0.39 is 0 Å². The van der Waals surface area contributed by atoms with Crippen LogP contribution in [0.2, 0.25) is 0 Å². The van der Waals surface area contributed by atoms with Gasteiger partial charge in [-0.1, -0.05) is 18.6 Å². The molecular formula is C11H21N. The third-order valence-electron chi connectivity index (χ3n) is 2.61. The minimum absolute atomic E-state index is 0.788. The van der Waals surface area contributed by atoms with Gasteiger partial charge in [0.05, 0.1) is 0 Å². The lowest BCUT2D eigenvalue weighted by molar-refractivity contribution is 0.526. The van der Waals surface area contributed by atoms with Gasteiger partial charge in [-0.3, -0.25) is 0 Å². The van der Waals surface area contributed by atoms with E-state index in [1.165, 1.54) is 24.8 Å². The first kappa shape index (κ1) is 9.79. The Kier molecular flexibility index (Phi) is 3.80. The number of hydrogen-bond donors (Lipinski definition) is 1. The molecule has 2 unspecified atom stereocenters. The first-order valence-corrected chi connectivity index (χ1v) is 5.05. The van der Waals surface area contributed by atoms with Crippen molar-refractivity contribution in [2.45, 2.75) is 46.1 Å². The molecule has 1 N–H and O–H groups in total. The number of nitrogens with one attached hydrogen (secondary N) is 1. The highest BCUT2D eigenvalue weighted by atomic mass is 14.9. The van der Waals surface area contributed by atoms with Crippen LogP contribution in [-0.2, 0) is 0 Å². The van der Waals surface area contributed by atoms with Gasteiger partial charge in [0.2, 0.25) is 0 Å². The minimum atomic E-state index is 0.788. The van der Waals surface area contributed by atoms with Crippen LogP contribution in [-0.4, -0.2) is 12.6 Å². The third kappa shape index (κ3) is 3.40. The summed E-state index contributed by atoms with van der Waals surface area (Å²) in [5.41, 5.74) is 1.41. The summed E-state index contributed by atoms with van der Waals surface area (Å²) < 4.78 is 0. The smallest absolute Gasteiger partial charge is 0.0139 e. The maximum absolute atomic E-state index is 3.57. The van der Waals surface area contributed by atoms with E-state index in [2.05, 4.69) is 32.2 Å². The van der Waals surface area contributed by atoms with Crippen LogP contribution < -0.4 is 5.32 Å². The Labute approximate surface area is 76.2 Å². The van der Waals surface area contributed by atoms with E-state index >= 15 is 0 Å². The van der Waals surface area contributed by atoms with Gasteiger partial charge in [-0.15, -0.1) is 0 Å². The van der Waals surface area contributed by atoms with Gasteiger partial charge < -0.3 is 5.32 Å². The molecule has 1 heteroatoms. The lowest BCUT2D eigenvalue weighted by Crippen LogP contribution is -2.26. The van der Waals surface area contributed by atoms with Crippen molar-refractivity contribution >= 4 is 0 Å². The molecule has 1 nitrogen and oxygen atoms in total. The molecule has 1 saturated carbocycles. The van der Waals surface area contributed by atoms with Gasteiger partial charge >= 0.3 is 0 Å². The maximum atomic E-state index is 3.57. The fourth-order valence-electron chi connectivity index (χ4n) is 1.82. The Morgan fingerprint density at radius 3 is 2.67 bits per heavy atom. The summed E-state index contributed by atoms with van der Waals surface area (Å²) in [6.07, 6.45) is 6.42. The number of allylic oxidation sites excluding steroid dienone is 1. The molecule has 12 heavy (non-hydrogen) atoms. The summed E-state index contributed by atoms with van der Waals surface area (Å²) in [5, 5.41) is 3.57. The molecule has 1 fully saturated rings. The van der Waals surface area contributed by atoms with E-state index in [1.54, 1.807) is 0 Å². The zero-order chi connectivity index (χ0) is 8.97. The van der Waals surface area contributed by atoms with E-state index in [1.807, 2.05) is 0 Å². The maximum Gasteiger partial charge on any atom is 0.0139 e. The zero-order valence-corrected chi connectivity index (χ0v) is 8.56. The standard InChI is InChI=1S/C11H21N/c1-9(2)6-7-12-11-5-4-10(3)8-11/h6,10-12H,4-5,7-8H2,1-3H3. The van der Waals surface area contributed by atoms with Gasteiger partial charge in [-0.25, -0.2) is 0 Å². The van der Waals surface area contributed by atoms with Crippen LogP contribution in [0.4, 0.5) is 0 Å². The van der Waals surface area contributed by atoms with Crippen molar-refractivity contribution in [1.29, 1.82) is 0 Å². The first-order chi connectivity index (χ1) is 5.68. The molecule has 0 aromatic heterocycles. The van der Waals surface area contributed by atoms with Crippen LogP contribution in [0.1, 0.15) is 40.0 Å². The predicted octanol–water partition coefficient (Wildman–Crippen LogP) is 2.73. The highest BCUT2D eigenvalue weighted by Gasteiger charge is 2.19. The highest BCUT2D eigenvalue weighted by molar-refractivity contribution is 4.95. The Morgan fingerprint density at radius 2 is 2.17 bits per heavy atom. The molecule has 0 saturated heterocycles. The molecule has 70 valence electrons. The monoisotopic (exact) mass is 167 g/mol. The molecule has 0 radical (unpaired) electrons. The van der Waals surface area contributed by atoms with E-state index in [4.69, 9.17) is 0 Å². The summed E-state index contributed by atoms with van der Waals surface area (Å²) in [4.78, 5) is 0. The van der Waals surface area contributed by atoms with Crippen molar-refractivity contribution in [3.8, 4) is 0 Å². The largest absolute Gasteiger partial charge is 0.311 e. The van der Waals surface area contributed by atoms with Crippen LogP contribution in [0.5, 0.6) is 0 Å². The second kappa shape index (κ2) is 4.66. The fourth-order valence-corrected chi connectivity index (χ4v) is 1.82. The molecule has 1 aliphatic rings. The highest BCUT2D eigenvalue weighted by Crippen LogP contribution is 2.24. The predicted molar refractivity (Wildman–Crippen MR) is 54.2 cm³/mol. The molecule has 0 aromatic rings. The molecule has 1 aliphatic carbocycles. The molecular weight excluding hydrogens is 146 g/mol. The Balaban J connectivity index is 2.12. The average molecular weight is 167 g/mol. The lowest BCUT2D eigenvalue weighted by atomic mass is 10.1.